The van der Waals surface area contributed by atoms with Crippen LogP contribution in [0.1, 0.15) is 57.5 Å². The van der Waals surface area contributed by atoms with Crippen molar-refractivity contribution in [1.82, 2.24) is 5.32 Å². The number of ether oxygens (including phenoxy) is 3. The van der Waals surface area contributed by atoms with E-state index in [2.05, 4.69) is 10.6 Å². The summed E-state index contributed by atoms with van der Waals surface area (Å²) in [7, 11) is 0. The van der Waals surface area contributed by atoms with Crippen molar-refractivity contribution in [3.05, 3.63) is 59.7 Å². The van der Waals surface area contributed by atoms with E-state index < -0.39 is 35.2 Å². The molecule has 2 aromatic carbocycles. The molecule has 3 amide bonds. The third kappa shape index (κ3) is 9.40. The van der Waals surface area contributed by atoms with Crippen LogP contribution in [0, 0.1) is 0 Å². The van der Waals surface area contributed by atoms with Crippen LogP contribution in [0.5, 0.6) is 0 Å². The molecule has 2 aromatic rings. The van der Waals surface area contributed by atoms with Crippen molar-refractivity contribution in [2.75, 3.05) is 30.0 Å². The molecule has 39 heavy (non-hydrogen) atoms. The summed E-state index contributed by atoms with van der Waals surface area (Å²) in [5.74, 6) is -1.04. The molecule has 10 nitrogen and oxygen atoms in total. The van der Waals surface area contributed by atoms with Crippen LogP contribution in [0.4, 0.5) is 16.2 Å². The van der Waals surface area contributed by atoms with Gasteiger partial charge in [0.2, 0.25) is 5.91 Å². The fourth-order valence-electron chi connectivity index (χ4n) is 3.75. The largest absolute Gasteiger partial charge is 0.456 e. The van der Waals surface area contributed by atoms with Crippen molar-refractivity contribution in [3.63, 3.8) is 0 Å². The Bertz CT molecular complexity index is 1180. The van der Waals surface area contributed by atoms with Crippen LogP contribution in [-0.4, -0.2) is 60.9 Å². The normalized spacial score (nSPS) is 14.8. The maximum atomic E-state index is 13.2. The number of hydrogen-bond donors (Lipinski definition) is 2. The van der Waals surface area contributed by atoms with Crippen molar-refractivity contribution in [2.24, 2.45) is 0 Å². The minimum atomic E-state index is -0.957. The summed E-state index contributed by atoms with van der Waals surface area (Å²) in [6.07, 6.45) is -0.545. The molecule has 0 saturated carbocycles. The molecule has 1 saturated heterocycles. The number of carbonyl (C=O) groups excluding carboxylic acids is 4. The smallest absolute Gasteiger partial charge is 0.408 e. The van der Waals surface area contributed by atoms with Gasteiger partial charge in [-0.05, 0) is 83.5 Å². The molecule has 0 unspecified atom stereocenters. The molecule has 210 valence electrons. The highest BCUT2D eigenvalue weighted by atomic mass is 16.6. The Labute approximate surface area is 229 Å². The molecule has 0 spiro atoms. The summed E-state index contributed by atoms with van der Waals surface area (Å²) in [6, 6.07) is 12.6. The van der Waals surface area contributed by atoms with E-state index in [0.29, 0.717) is 24.4 Å². The monoisotopic (exact) mass is 539 g/mol. The number of rotatable bonds is 7. The fourth-order valence-corrected chi connectivity index (χ4v) is 3.75. The quantitative estimate of drug-likeness (QED) is 0.508. The molecule has 0 radical (unpaired) electrons. The number of anilines is 2. The number of nitrogens with one attached hydrogen (secondary N) is 2. The van der Waals surface area contributed by atoms with Gasteiger partial charge in [0, 0.05) is 24.3 Å². The average molecular weight is 540 g/mol. The van der Waals surface area contributed by atoms with Gasteiger partial charge in [0.05, 0.1) is 12.2 Å². The van der Waals surface area contributed by atoms with Gasteiger partial charge in [-0.25, -0.2) is 9.59 Å². The highest BCUT2D eigenvalue weighted by Crippen LogP contribution is 2.20. The highest BCUT2D eigenvalue weighted by Gasteiger charge is 2.26. The second-order valence-corrected chi connectivity index (χ2v) is 11.2. The van der Waals surface area contributed by atoms with Gasteiger partial charge >= 0.3 is 12.1 Å². The second-order valence-electron chi connectivity index (χ2n) is 11.2. The lowest BCUT2D eigenvalue weighted by Crippen LogP contribution is -2.47. The molecule has 1 heterocycles. The molecule has 1 aliphatic heterocycles. The lowest BCUT2D eigenvalue weighted by atomic mass is 10.0. The lowest BCUT2D eigenvalue weighted by Gasteiger charge is -2.27. The predicted octanol–water partition coefficient (Wildman–Crippen LogP) is 4.08. The van der Waals surface area contributed by atoms with Gasteiger partial charge in [0.25, 0.3) is 5.91 Å². The Kier molecular flexibility index (Phi) is 9.34. The van der Waals surface area contributed by atoms with Gasteiger partial charge < -0.3 is 29.7 Å². The molecule has 0 bridgehead atoms. The van der Waals surface area contributed by atoms with Gasteiger partial charge in [-0.2, -0.15) is 0 Å². The van der Waals surface area contributed by atoms with Crippen molar-refractivity contribution in [1.29, 1.82) is 0 Å². The van der Waals surface area contributed by atoms with Crippen LogP contribution < -0.4 is 15.5 Å². The van der Waals surface area contributed by atoms with Crippen LogP contribution >= 0.6 is 0 Å². The Hall–Kier alpha value is -3.92. The molecule has 10 heteroatoms. The summed E-state index contributed by atoms with van der Waals surface area (Å²) in [4.78, 5) is 51.8. The summed E-state index contributed by atoms with van der Waals surface area (Å²) < 4.78 is 15.9. The Balaban J connectivity index is 1.73. The van der Waals surface area contributed by atoms with Crippen molar-refractivity contribution >= 4 is 35.3 Å². The maximum absolute atomic E-state index is 13.2. The van der Waals surface area contributed by atoms with Crippen LogP contribution in [0.25, 0.3) is 0 Å². The number of hydrogen-bond acceptors (Lipinski definition) is 7. The Morgan fingerprint density at radius 1 is 0.923 bits per heavy atom. The molecule has 1 aliphatic rings. The van der Waals surface area contributed by atoms with Gasteiger partial charge in [-0.1, -0.05) is 12.1 Å². The van der Waals surface area contributed by atoms with E-state index in [1.54, 1.807) is 82.8 Å². The number of benzene rings is 2. The van der Waals surface area contributed by atoms with Crippen LogP contribution in [-0.2, 0) is 30.2 Å². The fraction of sp³-hybridized carbons (Fsp3) is 0.448. The number of nitrogens with zero attached hydrogens (tertiary/aromatic N) is 1. The third-order valence-electron chi connectivity index (χ3n) is 5.47. The van der Waals surface area contributed by atoms with Crippen molar-refractivity contribution in [3.8, 4) is 0 Å². The number of esters is 1. The Morgan fingerprint density at radius 2 is 1.54 bits per heavy atom. The van der Waals surface area contributed by atoms with Crippen LogP contribution in [0.15, 0.2) is 48.5 Å². The molecule has 0 aromatic heterocycles. The highest BCUT2D eigenvalue weighted by molar-refractivity contribution is 5.98. The topological polar surface area (TPSA) is 123 Å². The zero-order valence-corrected chi connectivity index (χ0v) is 23.3. The zero-order valence-electron chi connectivity index (χ0n) is 23.3. The number of amides is 3. The summed E-state index contributed by atoms with van der Waals surface area (Å²) >= 11 is 0. The van der Waals surface area contributed by atoms with E-state index in [-0.39, 0.29) is 18.9 Å². The first kappa shape index (κ1) is 29.6. The number of alkyl carbamates (subject to hydrolysis) is 1. The van der Waals surface area contributed by atoms with E-state index in [1.807, 2.05) is 12.1 Å². The molecule has 1 fully saturated rings. The molecule has 0 aliphatic carbocycles. The number of morpholine rings is 1. The maximum Gasteiger partial charge on any atom is 0.408 e. The van der Waals surface area contributed by atoms with E-state index in [9.17, 15) is 19.2 Å². The SMILES string of the molecule is CC(C)(C)OC(=O)N[C@@H](Cc1ccc(N2CCOCC2=O)cc1)C(=O)Nc1ccc(C(=O)OC(C)(C)C)cc1. The first-order valence-electron chi connectivity index (χ1n) is 12.8. The Morgan fingerprint density at radius 3 is 2.10 bits per heavy atom. The minimum Gasteiger partial charge on any atom is -0.456 e. The molecular weight excluding hydrogens is 502 g/mol. The standard InChI is InChI=1S/C29H37N3O7/c1-28(2,3)38-26(35)20-9-11-21(12-10-20)30-25(34)23(31-27(36)39-29(4,5)6)17-19-7-13-22(14-8-19)32-15-16-37-18-24(32)33/h7-14,23H,15-18H2,1-6H3,(H,30,34)(H,31,36)/t23-/m0/s1. The zero-order chi connectivity index (χ0) is 28.8. The van der Waals surface area contributed by atoms with Gasteiger partial charge in [0.15, 0.2) is 0 Å². The predicted molar refractivity (Wildman–Crippen MR) is 147 cm³/mol. The summed E-state index contributed by atoms with van der Waals surface area (Å²) in [6.45, 7) is 11.5. The van der Waals surface area contributed by atoms with E-state index >= 15 is 0 Å². The minimum absolute atomic E-state index is 0.0442. The van der Waals surface area contributed by atoms with E-state index in [4.69, 9.17) is 14.2 Å². The second kappa shape index (κ2) is 12.3. The van der Waals surface area contributed by atoms with E-state index in [0.717, 1.165) is 11.3 Å². The number of carbonyl (C=O) groups is 4. The molecule has 1 atom stereocenters. The van der Waals surface area contributed by atoms with Gasteiger partial charge in [-0.3, -0.25) is 9.59 Å². The van der Waals surface area contributed by atoms with Crippen LogP contribution in [0.3, 0.4) is 0 Å². The average Bonchev–Trinajstić information content (AvgIpc) is 2.83. The lowest BCUT2D eigenvalue weighted by molar-refractivity contribution is -0.125. The molecular formula is C29H37N3O7. The molecule has 3 rings (SSSR count). The van der Waals surface area contributed by atoms with Crippen molar-refractivity contribution < 1.29 is 33.4 Å². The van der Waals surface area contributed by atoms with Crippen molar-refractivity contribution in [2.45, 2.75) is 65.2 Å². The van der Waals surface area contributed by atoms with E-state index in [1.165, 1.54) is 0 Å². The summed E-state index contributed by atoms with van der Waals surface area (Å²) in [5.41, 5.74) is 0.943. The van der Waals surface area contributed by atoms with Gasteiger partial charge in [-0.15, -0.1) is 0 Å². The summed E-state index contributed by atoms with van der Waals surface area (Å²) in [5, 5.41) is 5.44. The van der Waals surface area contributed by atoms with Crippen LogP contribution in [0.2, 0.25) is 0 Å². The molecule has 2 N–H and O–H groups in total. The third-order valence-corrected chi connectivity index (χ3v) is 5.47. The van der Waals surface area contributed by atoms with Gasteiger partial charge in [0.1, 0.15) is 23.9 Å². The first-order chi connectivity index (χ1) is 18.2. The first-order valence-corrected chi connectivity index (χ1v) is 12.8.